The van der Waals surface area contributed by atoms with Crippen LogP contribution in [0.4, 0.5) is 0 Å². The molecule has 1 aliphatic heterocycles. The van der Waals surface area contributed by atoms with Crippen molar-refractivity contribution in [3.63, 3.8) is 0 Å². The van der Waals surface area contributed by atoms with E-state index < -0.39 is 6.17 Å². The number of hydrazone groups is 2. The lowest BCUT2D eigenvalue weighted by atomic mass is 10.3. The molecule has 14 heavy (non-hydrogen) atoms. The number of aldehydes is 1. The van der Waals surface area contributed by atoms with Gasteiger partial charge < -0.3 is 5.01 Å². The normalized spacial score (nSPS) is 23.1. The molecule has 0 aromatic carbocycles. The topological polar surface area (TPSA) is 86.3 Å². The third-order valence-electron chi connectivity index (χ3n) is 1.61. The number of hydrazine groups is 1. The van der Waals surface area contributed by atoms with E-state index in [4.69, 9.17) is 5.84 Å². The lowest BCUT2D eigenvalue weighted by Gasteiger charge is -2.26. The summed E-state index contributed by atoms with van der Waals surface area (Å²) in [6.07, 6.45) is 1.74. The molecular weight excluding hydrogens is 184 g/mol. The number of carbonyl (C=O) groups is 1. The smallest absolute Gasteiger partial charge is 0.165 e. The summed E-state index contributed by atoms with van der Waals surface area (Å²) in [5, 5.41) is 10.9. The van der Waals surface area contributed by atoms with E-state index in [-0.39, 0.29) is 0 Å². The average Bonchev–Trinajstić information content (AvgIpc) is 2.15. The quantitative estimate of drug-likeness (QED) is 0.242. The summed E-state index contributed by atoms with van der Waals surface area (Å²) in [6.45, 7) is 0.397. The number of nitrogens with zero attached hydrogens (tertiary/aromatic N) is 4. The first kappa shape index (κ1) is 10.6. The Balaban J connectivity index is 2.58. The van der Waals surface area contributed by atoms with Crippen molar-refractivity contribution in [3.05, 3.63) is 0 Å². The Kier molecular flexibility index (Phi) is 3.55. The van der Waals surface area contributed by atoms with Gasteiger partial charge in [-0.25, -0.2) is 5.01 Å². The highest BCUT2D eigenvalue weighted by Crippen LogP contribution is 1.93. The molecule has 78 valence electrons. The van der Waals surface area contributed by atoms with Gasteiger partial charge in [-0.2, -0.15) is 10.2 Å². The van der Waals surface area contributed by atoms with E-state index in [0.29, 0.717) is 18.5 Å². The van der Waals surface area contributed by atoms with Crippen LogP contribution < -0.4 is 11.3 Å². The molecule has 1 rings (SSSR count). The minimum absolute atomic E-state index is 0.397. The minimum Gasteiger partial charge on any atom is -0.303 e. The highest BCUT2D eigenvalue weighted by atomic mass is 16.1. The van der Waals surface area contributed by atoms with E-state index in [9.17, 15) is 4.79 Å². The molecular formula is C7H14N6O. The van der Waals surface area contributed by atoms with Crippen LogP contribution >= 0.6 is 0 Å². The van der Waals surface area contributed by atoms with Crippen LogP contribution in [0.15, 0.2) is 10.2 Å². The van der Waals surface area contributed by atoms with E-state index in [1.54, 1.807) is 11.2 Å². The molecule has 0 fully saturated rings. The summed E-state index contributed by atoms with van der Waals surface area (Å²) >= 11 is 0. The highest BCUT2D eigenvalue weighted by molar-refractivity contribution is 6.31. The van der Waals surface area contributed by atoms with Gasteiger partial charge in [0.2, 0.25) is 0 Å². The van der Waals surface area contributed by atoms with Crippen molar-refractivity contribution in [2.75, 3.05) is 20.6 Å². The molecule has 0 radical (unpaired) electrons. The van der Waals surface area contributed by atoms with Crippen molar-refractivity contribution in [1.29, 1.82) is 0 Å². The van der Waals surface area contributed by atoms with E-state index >= 15 is 0 Å². The van der Waals surface area contributed by atoms with Gasteiger partial charge >= 0.3 is 0 Å². The molecule has 1 aliphatic rings. The SMILES string of the molecule is CN(C)/N=C/C1=NNC(C=O)N(N)C1. The Bertz CT molecular complexity index is 261. The second-order valence-electron chi connectivity index (χ2n) is 3.08. The van der Waals surface area contributed by atoms with Crippen molar-refractivity contribution in [2.45, 2.75) is 6.17 Å². The fraction of sp³-hybridized carbons (Fsp3) is 0.571. The van der Waals surface area contributed by atoms with Gasteiger partial charge in [-0.05, 0) is 0 Å². The van der Waals surface area contributed by atoms with Gasteiger partial charge in [-0.3, -0.25) is 16.1 Å². The van der Waals surface area contributed by atoms with Crippen LogP contribution in [0.5, 0.6) is 0 Å². The van der Waals surface area contributed by atoms with Gasteiger partial charge in [-0.1, -0.05) is 0 Å². The van der Waals surface area contributed by atoms with Crippen LogP contribution in [0.2, 0.25) is 0 Å². The average molecular weight is 198 g/mol. The summed E-state index contributed by atoms with van der Waals surface area (Å²) in [5.41, 5.74) is 3.28. The highest BCUT2D eigenvalue weighted by Gasteiger charge is 2.19. The van der Waals surface area contributed by atoms with Gasteiger partial charge in [0, 0.05) is 14.1 Å². The van der Waals surface area contributed by atoms with Crippen LogP contribution in [-0.2, 0) is 4.79 Å². The van der Waals surface area contributed by atoms with E-state index in [2.05, 4.69) is 15.6 Å². The molecule has 1 unspecified atom stereocenters. The summed E-state index contributed by atoms with van der Waals surface area (Å²) in [4.78, 5) is 10.4. The molecule has 0 aromatic heterocycles. The lowest BCUT2D eigenvalue weighted by molar-refractivity contribution is -0.113. The second-order valence-corrected chi connectivity index (χ2v) is 3.08. The predicted octanol–water partition coefficient (Wildman–Crippen LogP) is -1.81. The molecule has 7 nitrogen and oxygen atoms in total. The van der Waals surface area contributed by atoms with Gasteiger partial charge in [0.05, 0.1) is 18.5 Å². The van der Waals surface area contributed by atoms with Crippen LogP contribution in [0.1, 0.15) is 0 Å². The van der Waals surface area contributed by atoms with Crippen molar-refractivity contribution >= 4 is 18.2 Å². The molecule has 0 aromatic rings. The van der Waals surface area contributed by atoms with Crippen molar-refractivity contribution in [1.82, 2.24) is 15.4 Å². The first-order chi connectivity index (χ1) is 6.63. The Morgan fingerprint density at radius 1 is 1.79 bits per heavy atom. The molecule has 1 atom stereocenters. The summed E-state index contributed by atoms with van der Waals surface area (Å²) in [7, 11) is 3.61. The fourth-order valence-electron chi connectivity index (χ4n) is 0.904. The standard InChI is InChI=1S/C7H14N6O/c1-12(2)9-3-6-4-13(8)7(5-14)11-10-6/h3,5,7,11H,4,8H2,1-2H3/b9-3+. The van der Waals surface area contributed by atoms with Crippen molar-refractivity contribution in [3.8, 4) is 0 Å². The van der Waals surface area contributed by atoms with Gasteiger partial charge in [0.25, 0.3) is 0 Å². The third-order valence-corrected chi connectivity index (χ3v) is 1.61. The molecule has 0 spiro atoms. The van der Waals surface area contributed by atoms with Gasteiger partial charge in [0.15, 0.2) is 12.5 Å². The van der Waals surface area contributed by atoms with E-state index in [1.165, 1.54) is 5.01 Å². The Hall–Kier alpha value is -1.47. The first-order valence-corrected chi connectivity index (χ1v) is 4.13. The van der Waals surface area contributed by atoms with Crippen molar-refractivity contribution < 1.29 is 4.79 Å². The maximum Gasteiger partial charge on any atom is 0.165 e. The molecule has 1 heterocycles. The van der Waals surface area contributed by atoms with Crippen LogP contribution in [0.25, 0.3) is 0 Å². The number of carbonyl (C=O) groups excluding carboxylic acids is 1. The second kappa shape index (κ2) is 4.68. The predicted molar refractivity (Wildman–Crippen MR) is 53.5 cm³/mol. The molecule has 3 N–H and O–H groups in total. The van der Waals surface area contributed by atoms with Gasteiger partial charge in [-0.15, -0.1) is 0 Å². The largest absolute Gasteiger partial charge is 0.303 e. The molecule has 7 heteroatoms. The van der Waals surface area contributed by atoms with Crippen LogP contribution in [0.3, 0.4) is 0 Å². The fourth-order valence-corrected chi connectivity index (χ4v) is 0.904. The summed E-state index contributed by atoms with van der Waals surface area (Å²) in [5.74, 6) is 5.57. The summed E-state index contributed by atoms with van der Waals surface area (Å²) in [6, 6.07) is 0. The maximum atomic E-state index is 10.4. The number of nitrogens with one attached hydrogen (secondary N) is 1. The molecule has 0 amide bonds. The number of hydrogen-bond acceptors (Lipinski definition) is 7. The van der Waals surface area contributed by atoms with E-state index in [0.717, 1.165) is 0 Å². The van der Waals surface area contributed by atoms with Crippen LogP contribution in [0, 0.1) is 0 Å². The number of nitrogens with two attached hydrogens (primary N) is 1. The minimum atomic E-state index is -0.550. The number of rotatable bonds is 3. The molecule has 0 bridgehead atoms. The molecule has 0 saturated carbocycles. The zero-order chi connectivity index (χ0) is 10.6. The molecule has 0 aliphatic carbocycles. The Morgan fingerprint density at radius 3 is 3.00 bits per heavy atom. The first-order valence-electron chi connectivity index (χ1n) is 4.13. The Labute approximate surface area is 82.2 Å². The monoisotopic (exact) mass is 198 g/mol. The summed E-state index contributed by atoms with van der Waals surface area (Å²) < 4.78 is 0. The lowest BCUT2D eigenvalue weighted by Crippen LogP contribution is -2.55. The van der Waals surface area contributed by atoms with E-state index in [1.807, 2.05) is 14.1 Å². The Morgan fingerprint density at radius 2 is 2.50 bits per heavy atom. The zero-order valence-electron chi connectivity index (χ0n) is 8.21. The van der Waals surface area contributed by atoms with Crippen molar-refractivity contribution in [2.24, 2.45) is 16.0 Å². The van der Waals surface area contributed by atoms with Gasteiger partial charge in [0.1, 0.15) is 0 Å². The number of hydrogen-bond donors (Lipinski definition) is 2. The molecule has 0 saturated heterocycles. The third kappa shape index (κ3) is 2.79. The van der Waals surface area contributed by atoms with Crippen LogP contribution in [-0.4, -0.2) is 55.0 Å². The zero-order valence-corrected chi connectivity index (χ0v) is 8.21. The maximum absolute atomic E-state index is 10.4.